The Hall–Kier alpha value is -1.55. The van der Waals surface area contributed by atoms with E-state index >= 15 is 0 Å². The van der Waals surface area contributed by atoms with Crippen molar-refractivity contribution in [3.8, 4) is 0 Å². The second-order valence-electron chi connectivity index (χ2n) is 3.40. The monoisotopic (exact) mass is 191 g/mol. The van der Waals surface area contributed by atoms with E-state index in [1.165, 1.54) is 0 Å². The van der Waals surface area contributed by atoms with Crippen molar-refractivity contribution in [1.29, 1.82) is 0 Å². The molecule has 4 heteroatoms. The number of hydrogen-bond donors (Lipinski definition) is 3. The fourth-order valence-electron chi connectivity index (χ4n) is 1.57. The van der Waals surface area contributed by atoms with Gasteiger partial charge in [0, 0.05) is 6.54 Å². The first-order chi connectivity index (χ1) is 6.72. The highest BCUT2D eigenvalue weighted by Crippen LogP contribution is 2.29. The normalized spacial score (nSPS) is 19.6. The van der Waals surface area contributed by atoms with Crippen LogP contribution in [0.15, 0.2) is 18.2 Å². The topological polar surface area (TPSA) is 67.2 Å². The molecule has 1 heterocycles. The lowest BCUT2D eigenvalue weighted by atomic mass is 10.1. The summed E-state index contributed by atoms with van der Waals surface area (Å²) in [6.45, 7) is 2.30. The molecule has 1 aromatic rings. The minimum atomic E-state index is -0.199. The molecule has 0 fully saturated rings. The molecule has 14 heavy (non-hydrogen) atoms. The molecule has 1 aliphatic rings. The minimum absolute atomic E-state index is 0.00771. The molecule has 0 radical (unpaired) electrons. The lowest BCUT2D eigenvalue weighted by molar-refractivity contribution is -0.116. The van der Waals surface area contributed by atoms with Crippen LogP contribution in [0.25, 0.3) is 0 Å². The van der Waals surface area contributed by atoms with E-state index in [2.05, 4.69) is 10.6 Å². The van der Waals surface area contributed by atoms with Gasteiger partial charge in [-0.15, -0.1) is 0 Å². The number of hydrogen-bond acceptors (Lipinski definition) is 3. The van der Waals surface area contributed by atoms with Crippen LogP contribution in [0.1, 0.15) is 12.5 Å². The van der Waals surface area contributed by atoms with Crippen molar-refractivity contribution in [3.05, 3.63) is 23.8 Å². The Morgan fingerprint density at radius 1 is 1.50 bits per heavy atom. The van der Waals surface area contributed by atoms with Gasteiger partial charge >= 0.3 is 0 Å². The predicted octanol–water partition coefficient (Wildman–Crippen LogP) is 0.898. The molecule has 4 nitrogen and oxygen atoms in total. The maximum Gasteiger partial charge on any atom is 0.246 e. The van der Waals surface area contributed by atoms with Crippen LogP contribution in [0.3, 0.4) is 0 Å². The van der Waals surface area contributed by atoms with E-state index in [0.29, 0.717) is 6.54 Å². The number of anilines is 2. The van der Waals surface area contributed by atoms with Gasteiger partial charge in [-0.3, -0.25) is 4.79 Å². The van der Waals surface area contributed by atoms with E-state index in [1.807, 2.05) is 25.1 Å². The molecule has 2 rings (SSSR count). The first-order valence-corrected chi connectivity index (χ1v) is 4.61. The van der Waals surface area contributed by atoms with Crippen molar-refractivity contribution in [2.75, 3.05) is 10.6 Å². The fraction of sp³-hybridized carbons (Fsp3) is 0.300. The van der Waals surface area contributed by atoms with Crippen LogP contribution in [0.4, 0.5) is 11.4 Å². The van der Waals surface area contributed by atoms with Gasteiger partial charge in [0.05, 0.1) is 11.4 Å². The van der Waals surface area contributed by atoms with E-state index in [4.69, 9.17) is 5.73 Å². The average molecular weight is 191 g/mol. The van der Waals surface area contributed by atoms with Crippen molar-refractivity contribution in [2.45, 2.75) is 19.5 Å². The SMILES string of the molecule is CC1Nc2c(CN)cccc2NC1=O. The Bertz CT molecular complexity index is 376. The largest absolute Gasteiger partial charge is 0.372 e. The third-order valence-corrected chi connectivity index (χ3v) is 2.38. The Kier molecular flexibility index (Phi) is 2.13. The molecule has 1 atom stereocenters. The van der Waals surface area contributed by atoms with E-state index < -0.39 is 0 Å². The number of nitrogens with two attached hydrogens (primary N) is 1. The quantitative estimate of drug-likeness (QED) is 0.617. The number of fused-ring (bicyclic) bond motifs is 1. The molecule has 0 spiro atoms. The van der Waals surface area contributed by atoms with Gasteiger partial charge in [-0.05, 0) is 18.6 Å². The summed E-state index contributed by atoms with van der Waals surface area (Å²) >= 11 is 0. The van der Waals surface area contributed by atoms with Crippen molar-refractivity contribution in [2.24, 2.45) is 5.73 Å². The van der Waals surface area contributed by atoms with Gasteiger partial charge in [0.15, 0.2) is 0 Å². The summed E-state index contributed by atoms with van der Waals surface area (Å²) in [6.07, 6.45) is 0. The lowest BCUT2D eigenvalue weighted by Crippen LogP contribution is -2.36. The molecule has 0 saturated carbocycles. The summed E-state index contributed by atoms with van der Waals surface area (Å²) < 4.78 is 0. The van der Waals surface area contributed by atoms with Gasteiger partial charge in [0.25, 0.3) is 0 Å². The molecular weight excluding hydrogens is 178 g/mol. The highest BCUT2D eigenvalue weighted by Gasteiger charge is 2.22. The summed E-state index contributed by atoms with van der Waals surface area (Å²) in [4.78, 5) is 11.4. The Labute approximate surface area is 82.5 Å². The van der Waals surface area contributed by atoms with Crippen molar-refractivity contribution in [3.63, 3.8) is 0 Å². The first kappa shape index (κ1) is 9.02. The van der Waals surface area contributed by atoms with Gasteiger partial charge in [0.2, 0.25) is 5.91 Å². The summed E-state index contributed by atoms with van der Waals surface area (Å²) in [5, 5.41) is 5.96. The average Bonchev–Trinajstić information content (AvgIpc) is 2.19. The Morgan fingerprint density at radius 2 is 2.29 bits per heavy atom. The molecule has 0 saturated heterocycles. The molecule has 1 aromatic carbocycles. The zero-order valence-electron chi connectivity index (χ0n) is 8.00. The van der Waals surface area contributed by atoms with Gasteiger partial charge < -0.3 is 16.4 Å². The van der Waals surface area contributed by atoms with Gasteiger partial charge in [0.1, 0.15) is 6.04 Å². The van der Waals surface area contributed by atoms with Crippen molar-refractivity contribution < 1.29 is 4.79 Å². The third-order valence-electron chi connectivity index (χ3n) is 2.38. The number of rotatable bonds is 1. The summed E-state index contributed by atoms with van der Waals surface area (Å²) in [6, 6.07) is 5.51. The van der Waals surface area contributed by atoms with Crippen LogP contribution in [0, 0.1) is 0 Å². The summed E-state index contributed by atoms with van der Waals surface area (Å²) in [5.74, 6) is -0.00771. The molecule has 74 valence electrons. The zero-order valence-corrected chi connectivity index (χ0v) is 8.00. The maximum absolute atomic E-state index is 11.4. The van der Waals surface area contributed by atoms with E-state index in [1.54, 1.807) is 0 Å². The molecule has 1 unspecified atom stereocenters. The highest BCUT2D eigenvalue weighted by atomic mass is 16.2. The predicted molar refractivity (Wildman–Crippen MR) is 56.0 cm³/mol. The number of carbonyl (C=O) groups is 1. The molecule has 0 aliphatic carbocycles. The lowest BCUT2D eigenvalue weighted by Gasteiger charge is -2.26. The van der Waals surface area contributed by atoms with Crippen molar-refractivity contribution >= 4 is 17.3 Å². The zero-order chi connectivity index (χ0) is 10.1. The number of amides is 1. The van der Waals surface area contributed by atoms with Crippen LogP contribution in [0.5, 0.6) is 0 Å². The fourth-order valence-corrected chi connectivity index (χ4v) is 1.57. The highest BCUT2D eigenvalue weighted by molar-refractivity contribution is 6.03. The van der Waals surface area contributed by atoms with Crippen LogP contribution < -0.4 is 16.4 Å². The standard InChI is InChI=1S/C10H13N3O/c1-6-10(14)13-8-4-2-3-7(5-11)9(8)12-6/h2-4,6,12H,5,11H2,1H3,(H,13,14). The van der Waals surface area contributed by atoms with Crippen LogP contribution in [-0.4, -0.2) is 11.9 Å². The molecule has 0 bridgehead atoms. The van der Waals surface area contributed by atoms with Crippen LogP contribution >= 0.6 is 0 Å². The van der Waals surface area contributed by atoms with Gasteiger partial charge in [-0.1, -0.05) is 12.1 Å². The Balaban J connectivity index is 2.46. The maximum atomic E-state index is 11.4. The van der Waals surface area contributed by atoms with Crippen molar-refractivity contribution in [1.82, 2.24) is 0 Å². The number of carbonyl (C=O) groups excluding carboxylic acids is 1. The van der Waals surface area contributed by atoms with E-state index in [0.717, 1.165) is 16.9 Å². The van der Waals surface area contributed by atoms with E-state index in [-0.39, 0.29) is 11.9 Å². The number of para-hydroxylation sites is 1. The first-order valence-electron chi connectivity index (χ1n) is 4.61. The second kappa shape index (κ2) is 3.31. The minimum Gasteiger partial charge on any atom is -0.372 e. The smallest absolute Gasteiger partial charge is 0.246 e. The van der Waals surface area contributed by atoms with Gasteiger partial charge in [-0.25, -0.2) is 0 Å². The number of benzene rings is 1. The summed E-state index contributed by atoms with van der Waals surface area (Å²) in [5.41, 5.74) is 8.39. The Morgan fingerprint density at radius 3 is 3.00 bits per heavy atom. The van der Waals surface area contributed by atoms with Gasteiger partial charge in [-0.2, -0.15) is 0 Å². The van der Waals surface area contributed by atoms with Crippen LogP contribution in [-0.2, 0) is 11.3 Å². The molecule has 1 amide bonds. The van der Waals surface area contributed by atoms with Crippen LogP contribution in [0.2, 0.25) is 0 Å². The molecule has 0 aromatic heterocycles. The molecule has 1 aliphatic heterocycles. The molecule has 4 N–H and O–H groups in total. The van der Waals surface area contributed by atoms with E-state index in [9.17, 15) is 4.79 Å². The summed E-state index contributed by atoms with van der Waals surface area (Å²) in [7, 11) is 0. The second-order valence-corrected chi connectivity index (χ2v) is 3.40. The third kappa shape index (κ3) is 1.33. The molecular formula is C10H13N3O. The number of nitrogens with one attached hydrogen (secondary N) is 2.